The topological polar surface area (TPSA) is 68.3 Å². The van der Waals surface area contributed by atoms with Crippen LogP contribution in [0.1, 0.15) is 19.8 Å². The molecule has 2 heterocycles. The number of ether oxygens (including phenoxy) is 1. The third kappa shape index (κ3) is 3.89. The van der Waals surface area contributed by atoms with Gasteiger partial charge in [0.2, 0.25) is 10.0 Å². The minimum absolute atomic E-state index is 0.121. The Morgan fingerprint density at radius 3 is 2.68 bits per heavy atom. The fourth-order valence-electron chi connectivity index (χ4n) is 2.15. The van der Waals surface area contributed by atoms with Gasteiger partial charge in [-0.3, -0.25) is 0 Å². The quantitative estimate of drug-likeness (QED) is 0.862. The molecule has 106 valence electrons. The Bertz CT molecular complexity index is 512. The molecule has 0 bridgehead atoms. The number of nitrogens with zero attached hydrogens (tertiary/aromatic N) is 1. The fraction of sp³-hybridized carbons (Fsp3) is 0.583. The minimum Gasteiger partial charge on any atom is -0.381 e. The number of sulfonamides is 1. The van der Waals surface area contributed by atoms with Gasteiger partial charge in [0.05, 0.1) is 0 Å². The van der Waals surface area contributed by atoms with E-state index in [2.05, 4.69) is 9.71 Å². The largest absolute Gasteiger partial charge is 0.381 e. The monoisotopic (exact) mass is 304 g/mol. The SMILES string of the molecule is CC(NS(=O)(=O)c1ccc(Cl)nc1)C1CCOCC1. The summed E-state index contributed by atoms with van der Waals surface area (Å²) in [7, 11) is -3.54. The maximum absolute atomic E-state index is 12.2. The van der Waals surface area contributed by atoms with E-state index in [9.17, 15) is 8.42 Å². The average Bonchev–Trinajstić information content (AvgIpc) is 2.40. The molecular formula is C12H17ClN2O3S. The summed E-state index contributed by atoms with van der Waals surface area (Å²) in [6.45, 7) is 3.27. The zero-order valence-corrected chi connectivity index (χ0v) is 12.2. The van der Waals surface area contributed by atoms with Crippen molar-refractivity contribution in [1.29, 1.82) is 0 Å². The number of halogens is 1. The first-order valence-electron chi connectivity index (χ1n) is 6.20. The first kappa shape index (κ1) is 14.7. The van der Waals surface area contributed by atoms with Crippen molar-refractivity contribution in [1.82, 2.24) is 9.71 Å². The van der Waals surface area contributed by atoms with Gasteiger partial charge in [-0.1, -0.05) is 11.6 Å². The molecule has 1 unspecified atom stereocenters. The molecule has 1 aromatic rings. The second-order valence-corrected chi connectivity index (χ2v) is 6.78. The van der Waals surface area contributed by atoms with Gasteiger partial charge in [-0.05, 0) is 37.8 Å². The predicted octanol–water partition coefficient (Wildman–Crippen LogP) is 1.83. The fourth-order valence-corrected chi connectivity index (χ4v) is 3.51. The normalized spacial score (nSPS) is 19.3. The smallest absolute Gasteiger partial charge is 0.242 e. The van der Waals surface area contributed by atoms with Crippen LogP contribution >= 0.6 is 11.6 Å². The summed E-state index contributed by atoms with van der Waals surface area (Å²) in [5.74, 6) is 0.309. The molecule has 1 saturated heterocycles. The number of hydrogen-bond donors (Lipinski definition) is 1. The Morgan fingerprint density at radius 2 is 2.11 bits per heavy atom. The van der Waals surface area contributed by atoms with Crippen molar-refractivity contribution in [2.45, 2.75) is 30.7 Å². The summed E-state index contributed by atoms with van der Waals surface area (Å²) >= 11 is 5.65. The van der Waals surface area contributed by atoms with Gasteiger partial charge in [-0.15, -0.1) is 0 Å². The van der Waals surface area contributed by atoms with E-state index in [1.807, 2.05) is 6.92 Å². The molecule has 19 heavy (non-hydrogen) atoms. The van der Waals surface area contributed by atoms with Crippen LogP contribution in [0.2, 0.25) is 5.15 Å². The Hall–Kier alpha value is -0.690. The molecule has 0 aliphatic carbocycles. The molecule has 0 spiro atoms. The predicted molar refractivity (Wildman–Crippen MR) is 72.6 cm³/mol. The van der Waals surface area contributed by atoms with Gasteiger partial charge in [-0.2, -0.15) is 0 Å². The van der Waals surface area contributed by atoms with Crippen LogP contribution in [0, 0.1) is 5.92 Å². The molecule has 0 radical (unpaired) electrons. The second kappa shape index (κ2) is 6.17. The summed E-state index contributed by atoms with van der Waals surface area (Å²) < 4.78 is 32.3. The Labute approximate surface area is 118 Å². The number of nitrogens with one attached hydrogen (secondary N) is 1. The Kier molecular flexibility index (Phi) is 4.78. The average molecular weight is 305 g/mol. The van der Waals surface area contributed by atoms with E-state index in [1.165, 1.54) is 18.3 Å². The van der Waals surface area contributed by atoms with Gasteiger partial charge in [0.25, 0.3) is 0 Å². The van der Waals surface area contributed by atoms with E-state index in [0.29, 0.717) is 19.1 Å². The molecular weight excluding hydrogens is 288 g/mol. The van der Waals surface area contributed by atoms with Crippen LogP contribution in [0.25, 0.3) is 0 Å². The molecule has 1 atom stereocenters. The highest BCUT2D eigenvalue weighted by atomic mass is 35.5. The Balaban J connectivity index is 2.05. The van der Waals surface area contributed by atoms with Crippen molar-refractivity contribution in [3.8, 4) is 0 Å². The lowest BCUT2D eigenvalue weighted by atomic mass is 9.94. The van der Waals surface area contributed by atoms with E-state index < -0.39 is 10.0 Å². The highest BCUT2D eigenvalue weighted by Gasteiger charge is 2.25. The van der Waals surface area contributed by atoms with Gasteiger partial charge in [0.15, 0.2) is 0 Å². The maximum atomic E-state index is 12.2. The molecule has 0 saturated carbocycles. The number of hydrogen-bond acceptors (Lipinski definition) is 4. The third-order valence-electron chi connectivity index (χ3n) is 3.32. The zero-order chi connectivity index (χ0) is 13.9. The van der Waals surface area contributed by atoms with Crippen LogP contribution in [0.3, 0.4) is 0 Å². The standard InChI is InChI=1S/C12H17ClN2O3S/c1-9(10-4-6-18-7-5-10)15-19(16,17)11-2-3-12(13)14-8-11/h2-3,8-10,15H,4-7H2,1H3. The molecule has 1 aliphatic heterocycles. The lowest BCUT2D eigenvalue weighted by Crippen LogP contribution is -2.40. The van der Waals surface area contributed by atoms with Crippen LogP contribution in [-0.2, 0) is 14.8 Å². The number of rotatable bonds is 4. The van der Waals surface area contributed by atoms with E-state index in [1.54, 1.807) is 0 Å². The summed E-state index contributed by atoms with van der Waals surface area (Å²) in [5, 5.41) is 0.274. The molecule has 1 N–H and O–H groups in total. The summed E-state index contributed by atoms with van der Waals surface area (Å²) in [4.78, 5) is 3.93. The first-order valence-corrected chi connectivity index (χ1v) is 8.07. The molecule has 1 fully saturated rings. The highest BCUT2D eigenvalue weighted by Crippen LogP contribution is 2.20. The summed E-state index contributed by atoms with van der Waals surface area (Å²) in [6, 6.07) is 2.80. The van der Waals surface area contributed by atoms with Gasteiger partial charge in [0, 0.05) is 25.5 Å². The molecule has 0 aromatic carbocycles. The second-order valence-electron chi connectivity index (χ2n) is 4.68. The van der Waals surface area contributed by atoms with Gasteiger partial charge in [0.1, 0.15) is 10.0 Å². The van der Waals surface area contributed by atoms with Crippen LogP contribution in [0.5, 0.6) is 0 Å². The van der Waals surface area contributed by atoms with Crippen LogP contribution in [0.4, 0.5) is 0 Å². The highest BCUT2D eigenvalue weighted by molar-refractivity contribution is 7.89. The molecule has 0 amide bonds. The zero-order valence-electron chi connectivity index (χ0n) is 10.7. The van der Waals surface area contributed by atoms with Crippen molar-refractivity contribution in [2.75, 3.05) is 13.2 Å². The Morgan fingerprint density at radius 1 is 1.42 bits per heavy atom. The summed E-state index contributed by atoms with van der Waals surface area (Å²) in [6.07, 6.45) is 3.02. The molecule has 5 nitrogen and oxygen atoms in total. The van der Waals surface area contributed by atoms with Crippen LogP contribution < -0.4 is 4.72 Å². The van der Waals surface area contributed by atoms with Gasteiger partial charge >= 0.3 is 0 Å². The van der Waals surface area contributed by atoms with Crippen molar-refractivity contribution >= 4 is 21.6 Å². The third-order valence-corrected chi connectivity index (χ3v) is 5.09. The summed E-state index contributed by atoms with van der Waals surface area (Å²) in [5.41, 5.74) is 0. The van der Waals surface area contributed by atoms with E-state index in [-0.39, 0.29) is 16.1 Å². The van der Waals surface area contributed by atoms with Crippen molar-refractivity contribution in [3.05, 3.63) is 23.5 Å². The van der Waals surface area contributed by atoms with Crippen molar-refractivity contribution in [3.63, 3.8) is 0 Å². The lowest BCUT2D eigenvalue weighted by molar-refractivity contribution is 0.0585. The molecule has 2 rings (SSSR count). The van der Waals surface area contributed by atoms with Crippen molar-refractivity contribution < 1.29 is 13.2 Å². The van der Waals surface area contributed by atoms with E-state index in [4.69, 9.17) is 16.3 Å². The van der Waals surface area contributed by atoms with Gasteiger partial charge in [-0.25, -0.2) is 18.1 Å². The lowest BCUT2D eigenvalue weighted by Gasteiger charge is -2.28. The number of pyridine rings is 1. The molecule has 7 heteroatoms. The number of aromatic nitrogens is 1. The van der Waals surface area contributed by atoms with E-state index in [0.717, 1.165) is 12.8 Å². The maximum Gasteiger partial charge on any atom is 0.242 e. The van der Waals surface area contributed by atoms with Crippen LogP contribution in [0.15, 0.2) is 23.2 Å². The van der Waals surface area contributed by atoms with Crippen LogP contribution in [-0.4, -0.2) is 32.7 Å². The minimum atomic E-state index is -3.54. The van der Waals surface area contributed by atoms with Gasteiger partial charge < -0.3 is 4.74 Å². The van der Waals surface area contributed by atoms with Crippen molar-refractivity contribution in [2.24, 2.45) is 5.92 Å². The molecule has 1 aromatic heterocycles. The first-order chi connectivity index (χ1) is 8.99. The molecule has 1 aliphatic rings. The van der Waals surface area contributed by atoms with E-state index >= 15 is 0 Å².